The van der Waals surface area contributed by atoms with Crippen molar-refractivity contribution < 1.29 is 19.2 Å². The first-order chi connectivity index (χ1) is 16.6. The number of aromatic nitrogens is 2. The number of benzene rings is 1. The third kappa shape index (κ3) is 3.97. The fraction of sp³-hybridized carbons (Fsp3) is 0.423. The minimum atomic E-state index is -0.954. The van der Waals surface area contributed by atoms with Crippen LogP contribution in [-0.2, 0) is 11.3 Å². The largest absolute Gasteiger partial charge is 0.478 e. The molecule has 1 aromatic carbocycles. The van der Waals surface area contributed by atoms with Crippen molar-refractivity contribution in [2.45, 2.75) is 69.2 Å². The standard InChI is InChI=1S/C26H26ClN3O4/c27-22-4-2-1-3-20(22)24-21(25(34-29-24)15-5-6-15)14-33-19-11-17-8-9-18(12-19)30(17)23-10-7-16(13-28-23)26(31)32/h1-4,7,10,13,15,17-19H,5-6,8-9,11-12,14H2,(H,31,32)/t17-,18+,19?. The van der Waals surface area contributed by atoms with E-state index in [2.05, 4.69) is 15.0 Å². The van der Waals surface area contributed by atoms with E-state index in [-0.39, 0.29) is 11.7 Å². The number of nitrogens with zero attached hydrogens (tertiary/aromatic N) is 3. The minimum absolute atomic E-state index is 0.146. The van der Waals surface area contributed by atoms with Crippen molar-refractivity contribution in [3.63, 3.8) is 0 Å². The number of carboxylic acids is 1. The molecule has 2 bridgehead atoms. The molecule has 6 rings (SSSR count). The van der Waals surface area contributed by atoms with E-state index >= 15 is 0 Å². The average Bonchev–Trinajstić information content (AvgIpc) is 3.55. The van der Waals surface area contributed by atoms with Crippen LogP contribution in [0.4, 0.5) is 5.82 Å². The predicted molar refractivity (Wildman–Crippen MR) is 127 cm³/mol. The summed E-state index contributed by atoms with van der Waals surface area (Å²) < 4.78 is 12.3. The number of hydrogen-bond acceptors (Lipinski definition) is 6. The van der Waals surface area contributed by atoms with Crippen LogP contribution in [-0.4, -0.2) is 39.4 Å². The summed E-state index contributed by atoms with van der Waals surface area (Å²) >= 11 is 6.47. The van der Waals surface area contributed by atoms with Crippen LogP contribution in [0.3, 0.4) is 0 Å². The van der Waals surface area contributed by atoms with Gasteiger partial charge in [-0.2, -0.15) is 0 Å². The topological polar surface area (TPSA) is 88.7 Å². The van der Waals surface area contributed by atoms with Crippen molar-refractivity contribution >= 4 is 23.4 Å². The summed E-state index contributed by atoms with van der Waals surface area (Å²) in [6.07, 6.45) is 7.88. The molecular weight excluding hydrogens is 454 g/mol. The second-order valence-electron chi connectivity index (χ2n) is 9.54. The number of hydrogen-bond donors (Lipinski definition) is 1. The maximum Gasteiger partial charge on any atom is 0.337 e. The van der Waals surface area contributed by atoms with Gasteiger partial charge in [0.1, 0.15) is 17.3 Å². The van der Waals surface area contributed by atoms with Gasteiger partial charge in [0.05, 0.1) is 23.3 Å². The van der Waals surface area contributed by atoms with Gasteiger partial charge in [-0.15, -0.1) is 0 Å². The van der Waals surface area contributed by atoms with E-state index in [4.69, 9.17) is 26.0 Å². The van der Waals surface area contributed by atoms with Gasteiger partial charge in [0, 0.05) is 35.3 Å². The molecule has 1 N–H and O–H groups in total. The smallest absolute Gasteiger partial charge is 0.337 e. The minimum Gasteiger partial charge on any atom is -0.478 e. The maximum absolute atomic E-state index is 11.2. The van der Waals surface area contributed by atoms with E-state index in [0.717, 1.165) is 66.9 Å². The molecule has 1 unspecified atom stereocenters. The number of ether oxygens (including phenoxy) is 1. The molecule has 3 fully saturated rings. The third-order valence-electron chi connectivity index (χ3n) is 7.31. The second-order valence-corrected chi connectivity index (χ2v) is 9.94. The van der Waals surface area contributed by atoms with Crippen LogP contribution >= 0.6 is 11.6 Å². The van der Waals surface area contributed by atoms with Gasteiger partial charge < -0.3 is 19.3 Å². The van der Waals surface area contributed by atoms with Gasteiger partial charge >= 0.3 is 5.97 Å². The molecule has 0 spiro atoms. The highest BCUT2D eigenvalue weighted by Crippen LogP contribution is 2.45. The Hall–Kier alpha value is -2.90. The van der Waals surface area contributed by atoms with Gasteiger partial charge in [-0.05, 0) is 56.7 Å². The molecule has 0 amide bonds. The second kappa shape index (κ2) is 8.71. The van der Waals surface area contributed by atoms with Crippen LogP contribution in [0.25, 0.3) is 11.3 Å². The average molecular weight is 480 g/mol. The summed E-state index contributed by atoms with van der Waals surface area (Å²) in [5, 5.41) is 14.2. The Morgan fingerprint density at radius 2 is 1.88 bits per heavy atom. The number of piperidine rings is 1. The van der Waals surface area contributed by atoms with Gasteiger partial charge in [0.25, 0.3) is 0 Å². The van der Waals surface area contributed by atoms with Gasteiger partial charge in [0.2, 0.25) is 0 Å². The number of carbonyl (C=O) groups is 1. The third-order valence-corrected chi connectivity index (χ3v) is 7.64. The molecule has 34 heavy (non-hydrogen) atoms. The monoisotopic (exact) mass is 479 g/mol. The van der Waals surface area contributed by atoms with Crippen molar-refractivity contribution in [1.82, 2.24) is 10.1 Å². The van der Waals surface area contributed by atoms with Crippen LogP contribution < -0.4 is 4.90 Å². The number of anilines is 1. The van der Waals surface area contributed by atoms with Gasteiger partial charge in [-0.25, -0.2) is 9.78 Å². The van der Waals surface area contributed by atoms with Crippen LogP contribution in [0.1, 0.15) is 66.1 Å². The fourth-order valence-electron chi connectivity index (χ4n) is 5.50. The van der Waals surface area contributed by atoms with Crippen molar-refractivity contribution in [3.05, 3.63) is 64.5 Å². The van der Waals surface area contributed by atoms with E-state index in [0.29, 0.717) is 29.6 Å². The van der Waals surface area contributed by atoms with Gasteiger partial charge in [0.15, 0.2) is 0 Å². The van der Waals surface area contributed by atoms with Gasteiger partial charge in [-0.1, -0.05) is 35.0 Å². The lowest BCUT2D eigenvalue weighted by Crippen LogP contribution is -2.46. The lowest BCUT2D eigenvalue weighted by atomic mass is 9.99. The Labute approximate surface area is 202 Å². The van der Waals surface area contributed by atoms with Crippen molar-refractivity contribution in [2.24, 2.45) is 0 Å². The Morgan fingerprint density at radius 3 is 2.53 bits per heavy atom. The Balaban J connectivity index is 1.18. The van der Waals surface area contributed by atoms with Crippen LogP contribution in [0.5, 0.6) is 0 Å². The predicted octanol–water partition coefficient (Wildman–Crippen LogP) is 5.68. The number of aromatic carboxylic acids is 1. The quantitative estimate of drug-likeness (QED) is 0.466. The Morgan fingerprint density at radius 1 is 1.12 bits per heavy atom. The lowest BCUT2D eigenvalue weighted by molar-refractivity contribution is 0.0146. The van der Waals surface area contributed by atoms with E-state index in [1.165, 1.54) is 6.20 Å². The highest BCUT2D eigenvalue weighted by molar-refractivity contribution is 6.33. The SMILES string of the molecule is O=C(O)c1ccc(N2[C@@H]3CC[C@H]2CC(OCc2c(-c4ccccc4Cl)noc2C2CC2)C3)nc1. The Kier molecular flexibility index (Phi) is 5.54. The highest BCUT2D eigenvalue weighted by Gasteiger charge is 2.42. The van der Waals surface area contributed by atoms with Crippen LogP contribution in [0.2, 0.25) is 5.02 Å². The number of fused-ring (bicyclic) bond motifs is 2. The van der Waals surface area contributed by atoms with E-state index in [1.807, 2.05) is 30.3 Å². The normalized spacial score (nSPS) is 23.9. The molecule has 3 aliphatic rings. The zero-order valence-electron chi connectivity index (χ0n) is 18.7. The van der Waals surface area contributed by atoms with Crippen LogP contribution in [0, 0.1) is 0 Å². The Bertz CT molecular complexity index is 1190. The molecule has 2 aromatic heterocycles. The molecule has 3 atom stereocenters. The lowest BCUT2D eigenvalue weighted by Gasteiger charge is -2.39. The summed E-state index contributed by atoms with van der Waals surface area (Å²) in [4.78, 5) is 18.0. The summed E-state index contributed by atoms with van der Waals surface area (Å²) in [7, 11) is 0. The molecule has 2 aliphatic heterocycles. The molecule has 2 saturated heterocycles. The summed E-state index contributed by atoms with van der Waals surface area (Å²) in [6, 6.07) is 11.9. The molecule has 7 nitrogen and oxygen atoms in total. The van der Waals surface area contributed by atoms with Gasteiger partial charge in [-0.3, -0.25) is 0 Å². The van der Waals surface area contributed by atoms with Crippen molar-refractivity contribution in [3.8, 4) is 11.3 Å². The summed E-state index contributed by atoms with van der Waals surface area (Å²) in [6.45, 7) is 0.464. The molecule has 8 heteroatoms. The highest BCUT2D eigenvalue weighted by atomic mass is 35.5. The fourth-order valence-corrected chi connectivity index (χ4v) is 5.72. The first kappa shape index (κ1) is 21.6. The first-order valence-corrected chi connectivity index (χ1v) is 12.3. The van der Waals surface area contributed by atoms with Crippen molar-refractivity contribution in [1.29, 1.82) is 0 Å². The zero-order chi connectivity index (χ0) is 23.2. The molecular formula is C26H26ClN3O4. The first-order valence-electron chi connectivity index (χ1n) is 11.9. The summed E-state index contributed by atoms with van der Waals surface area (Å²) in [5.41, 5.74) is 2.90. The number of carboxylic acid groups (broad SMARTS) is 1. The molecule has 176 valence electrons. The number of rotatable bonds is 7. The molecule has 0 radical (unpaired) electrons. The maximum atomic E-state index is 11.2. The zero-order valence-corrected chi connectivity index (χ0v) is 19.4. The number of pyridine rings is 1. The molecule has 1 aliphatic carbocycles. The summed E-state index contributed by atoms with van der Waals surface area (Å²) in [5.74, 6) is 1.27. The number of halogens is 1. The van der Waals surface area contributed by atoms with E-state index < -0.39 is 5.97 Å². The van der Waals surface area contributed by atoms with E-state index in [1.54, 1.807) is 6.07 Å². The van der Waals surface area contributed by atoms with Crippen molar-refractivity contribution in [2.75, 3.05) is 4.90 Å². The van der Waals surface area contributed by atoms with Crippen LogP contribution in [0.15, 0.2) is 47.1 Å². The van der Waals surface area contributed by atoms with E-state index in [9.17, 15) is 4.79 Å². The molecule has 1 saturated carbocycles. The molecule has 4 heterocycles. The molecule has 3 aromatic rings.